The summed E-state index contributed by atoms with van der Waals surface area (Å²) < 4.78 is 0.621. The van der Waals surface area contributed by atoms with E-state index in [1.807, 2.05) is 6.92 Å². The van der Waals surface area contributed by atoms with E-state index in [9.17, 15) is 4.79 Å². The molecule has 4 nitrogen and oxygen atoms in total. The number of aromatic nitrogens is 2. The van der Waals surface area contributed by atoms with Crippen LogP contribution in [0, 0.1) is 0 Å². The number of amides is 1. The van der Waals surface area contributed by atoms with Gasteiger partial charge in [0.25, 0.3) is 5.91 Å². The van der Waals surface area contributed by atoms with Gasteiger partial charge < -0.3 is 5.32 Å². The molecule has 0 bridgehead atoms. The molecule has 12 heavy (non-hydrogen) atoms. The second kappa shape index (κ2) is 4.15. The Morgan fingerprint density at radius 1 is 1.58 bits per heavy atom. The number of rotatable bonds is 2. The lowest BCUT2D eigenvalue weighted by Gasteiger charge is -1.99. The number of halogens is 1. The fourth-order valence-corrected chi connectivity index (χ4v) is 0.885. The summed E-state index contributed by atoms with van der Waals surface area (Å²) >= 11 is 3.13. The third-order valence-electron chi connectivity index (χ3n) is 1.19. The SMILES string of the molecule is CCNC(=O)c1cnc(Br)cn1. The molecule has 1 rings (SSSR count). The molecule has 64 valence electrons. The summed E-state index contributed by atoms with van der Waals surface area (Å²) in [5.41, 5.74) is 0.333. The lowest BCUT2D eigenvalue weighted by atomic mass is 10.4. The van der Waals surface area contributed by atoms with Crippen LogP contribution in [0.3, 0.4) is 0 Å². The van der Waals surface area contributed by atoms with Crippen LogP contribution in [-0.4, -0.2) is 22.4 Å². The summed E-state index contributed by atoms with van der Waals surface area (Å²) in [6.07, 6.45) is 2.92. The van der Waals surface area contributed by atoms with E-state index >= 15 is 0 Å². The maximum absolute atomic E-state index is 11.1. The molecule has 0 unspecified atom stereocenters. The summed E-state index contributed by atoms with van der Waals surface area (Å²) in [6, 6.07) is 0. The lowest BCUT2D eigenvalue weighted by Crippen LogP contribution is -2.23. The van der Waals surface area contributed by atoms with E-state index in [-0.39, 0.29) is 5.91 Å². The van der Waals surface area contributed by atoms with E-state index < -0.39 is 0 Å². The fraction of sp³-hybridized carbons (Fsp3) is 0.286. The van der Waals surface area contributed by atoms with Crippen molar-refractivity contribution in [1.29, 1.82) is 0 Å². The second-order valence-corrected chi connectivity index (χ2v) is 2.90. The van der Waals surface area contributed by atoms with E-state index in [4.69, 9.17) is 0 Å². The first-order valence-corrected chi connectivity index (χ1v) is 4.29. The van der Waals surface area contributed by atoms with Gasteiger partial charge in [0.2, 0.25) is 0 Å². The van der Waals surface area contributed by atoms with Crippen molar-refractivity contribution in [3.8, 4) is 0 Å². The zero-order valence-electron chi connectivity index (χ0n) is 6.54. The molecule has 1 aromatic heterocycles. The first-order valence-electron chi connectivity index (χ1n) is 3.49. The largest absolute Gasteiger partial charge is 0.351 e. The van der Waals surface area contributed by atoms with Crippen molar-refractivity contribution >= 4 is 21.8 Å². The quantitative estimate of drug-likeness (QED) is 0.824. The van der Waals surface area contributed by atoms with Crippen LogP contribution < -0.4 is 5.32 Å². The normalized spacial score (nSPS) is 9.50. The number of carbonyl (C=O) groups is 1. The number of hydrogen-bond acceptors (Lipinski definition) is 3. The minimum atomic E-state index is -0.197. The highest BCUT2D eigenvalue weighted by molar-refractivity contribution is 9.10. The Morgan fingerprint density at radius 3 is 2.83 bits per heavy atom. The summed E-state index contributed by atoms with van der Waals surface area (Å²) in [5, 5.41) is 2.62. The van der Waals surface area contributed by atoms with E-state index in [0.717, 1.165) is 0 Å². The van der Waals surface area contributed by atoms with Gasteiger partial charge in [-0.3, -0.25) is 4.79 Å². The molecular formula is C7H8BrN3O. The average molecular weight is 230 g/mol. The van der Waals surface area contributed by atoms with Gasteiger partial charge in [-0.2, -0.15) is 0 Å². The van der Waals surface area contributed by atoms with Crippen LogP contribution in [0.2, 0.25) is 0 Å². The molecule has 1 heterocycles. The molecule has 0 aliphatic rings. The van der Waals surface area contributed by atoms with Crippen molar-refractivity contribution in [3.05, 3.63) is 22.7 Å². The predicted molar refractivity (Wildman–Crippen MR) is 47.7 cm³/mol. The lowest BCUT2D eigenvalue weighted by molar-refractivity contribution is 0.0950. The third kappa shape index (κ3) is 2.27. The molecular weight excluding hydrogens is 222 g/mol. The summed E-state index contributed by atoms with van der Waals surface area (Å²) in [4.78, 5) is 18.9. The average Bonchev–Trinajstić information content (AvgIpc) is 2.06. The van der Waals surface area contributed by atoms with Crippen molar-refractivity contribution in [2.45, 2.75) is 6.92 Å². The van der Waals surface area contributed by atoms with Gasteiger partial charge in [0, 0.05) is 6.54 Å². The Bertz CT molecular complexity index is 272. The van der Waals surface area contributed by atoms with Gasteiger partial charge in [0.15, 0.2) is 0 Å². The first-order chi connectivity index (χ1) is 5.74. The van der Waals surface area contributed by atoms with Crippen molar-refractivity contribution in [2.24, 2.45) is 0 Å². The molecule has 0 atom stereocenters. The predicted octanol–water partition coefficient (Wildman–Crippen LogP) is 0.989. The van der Waals surface area contributed by atoms with Crippen molar-refractivity contribution in [2.75, 3.05) is 6.54 Å². The smallest absolute Gasteiger partial charge is 0.271 e. The van der Waals surface area contributed by atoms with Crippen LogP contribution in [0.25, 0.3) is 0 Å². The molecule has 0 aliphatic carbocycles. The zero-order chi connectivity index (χ0) is 8.97. The molecule has 0 fully saturated rings. The molecule has 0 aliphatic heterocycles. The van der Waals surface area contributed by atoms with Crippen molar-refractivity contribution < 1.29 is 4.79 Å². The topological polar surface area (TPSA) is 54.9 Å². The number of carbonyl (C=O) groups excluding carboxylic acids is 1. The Balaban J connectivity index is 2.75. The van der Waals surface area contributed by atoms with Crippen molar-refractivity contribution in [3.63, 3.8) is 0 Å². The first kappa shape index (κ1) is 9.12. The van der Waals surface area contributed by atoms with E-state index in [1.54, 1.807) is 0 Å². The fourth-order valence-electron chi connectivity index (χ4n) is 0.681. The van der Waals surface area contributed by atoms with Crippen LogP contribution in [0.15, 0.2) is 17.0 Å². The summed E-state index contributed by atoms with van der Waals surface area (Å²) in [5.74, 6) is -0.197. The van der Waals surface area contributed by atoms with Crippen molar-refractivity contribution in [1.82, 2.24) is 15.3 Å². The van der Waals surface area contributed by atoms with Gasteiger partial charge >= 0.3 is 0 Å². The van der Waals surface area contributed by atoms with Gasteiger partial charge in [0.1, 0.15) is 10.3 Å². The number of hydrogen-bond donors (Lipinski definition) is 1. The Kier molecular flexibility index (Phi) is 3.16. The van der Waals surface area contributed by atoms with Crippen LogP contribution in [0.1, 0.15) is 17.4 Å². The van der Waals surface area contributed by atoms with E-state index in [2.05, 4.69) is 31.2 Å². The number of nitrogens with one attached hydrogen (secondary N) is 1. The highest BCUT2D eigenvalue weighted by Crippen LogP contribution is 2.02. The summed E-state index contributed by atoms with van der Waals surface area (Å²) in [6.45, 7) is 2.45. The van der Waals surface area contributed by atoms with Crippen LogP contribution in [0.4, 0.5) is 0 Å². The molecule has 1 aromatic rings. The third-order valence-corrected chi connectivity index (χ3v) is 1.60. The Morgan fingerprint density at radius 2 is 2.33 bits per heavy atom. The number of nitrogens with zero attached hydrogens (tertiary/aromatic N) is 2. The van der Waals surface area contributed by atoms with E-state index in [0.29, 0.717) is 16.8 Å². The molecule has 5 heteroatoms. The minimum Gasteiger partial charge on any atom is -0.351 e. The maximum atomic E-state index is 11.1. The van der Waals surface area contributed by atoms with Gasteiger partial charge in [-0.25, -0.2) is 9.97 Å². The molecule has 0 radical (unpaired) electrons. The molecule has 1 N–H and O–H groups in total. The van der Waals surface area contributed by atoms with Crippen LogP contribution in [-0.2, 0) is 0 Å². The van der Waals surface area contributed by atoms with E-state index in [1.165, 1.54) is 12.4 Å². The highest BCUT2D eigenvalue weighted by Gasteiger charge is 2.04. The second-order valence-electron chi connectivity index (χ2n) is 2.08. The summed E-state index contributed by atoms with van der Waals surface area (Å²) in [7, 11) is 0. The molecule has 0 aromatic carbocycles. The van der Waals surface area contributed by atoms with Gasteiger partial charge in [0.05, 0.1) is 12.4 Å². The zero-order valence-corrected chi connectivity index (χ0v) is 8.13. The standard InChI is InChI=1S/C7H8BrN3O/c1-2-9-7(12)5-3-11-6(8)4-10-5/h3-4H,2H2,1H3,(H,9,12). The minimum absolute atomic E-state index is 0.197. The Hall–Kier alpha value is -0.970. The molecule has 0 saturated carbocycles. The molecule has 1 amide bonds. The van der Waals surface area contributed by atoms with Gasteiger partial charge in [-0.1, -0.05) is 0 Å². The highest BCUT2D eigenvalue weighted by atomic mass is 79.9. The van der Waals surface area contributed by atoms with Gasteiger partial charge in [-0.05, 0) is 22.9 Å². The Labute approximate surface area is 78.5 Å². The monoisotopic (exact) mass is 229 g/mol. The van der Waals surface area contributed by atoms with Gasteiger partial charge in [-0.15, -0.1) is 0 Å². The molecule has 0 spiro atoms. The maximum Gasteiger partial charge on any atom is 0.271 e. The van der Waals surface area contributed by atoms with Crippen LogP contribution >= 0.6 is 15.9 Å². The van der Waals surface area contributed by atoms with Crippen LogP contribution in [0.5, 0.6) is 0 Å². The molecule has 0 saturated heterocycles.